The lowest BCUT2D eigenvalue weighted by molar-refractivity contribution is -0.121. The molecule has 0 amide bonds. The van der Waals surface area contributed by atoms with Gasteiger partial charge in [-0.1, -0.05) is 17.7 Å². The molecule has 2 N–H and O–H groups in total. The number of carbonyl (C=O) groups excluding carboxylic acids is 1. The maximum absolute atomic E-state index is 12.5. The van der Waals surface area contributed by atoms with E-state index in [-0.39, 0.29) is 17.6 Å². The van der Waals surface area contributed by atoms with Crippen molar-refractivity contribution in [3.63, 3.8) is 0 Å². The molecule has 2 rings (SSSR count). The van der Waals surface area contributed by atoms with Crippen LogP contribution in [0.25, 0.3) is 0 Å². The summed E-state index contributed by atoms with van der Waals surface area (Å²) in [6, 6.07) is 4.28. The number of aliphatic hydroxyl groups excluding tert-OH is 1. The molecule has 1 fully saturated rings. The minimum atomic E-state index is -0.717. The Morgan fingerprint density at radius 3 is 2.46 bits per heavy atom. The zero-order chi connectivity index (χ0) is 17.9. The lowest BCUT2D eigenvalue weighted by Gasteiger charge is -2.33. The summed E-state index contributed by atoms with van der Waals surface area (Å²) in [7, 11) is 0. The summed E-state index contributed by atoms with van der Waals surface area (Å²) in [5.41, 5.74) is 4.81. The first-order valence-corrected chi connectivity index (χ1v) is 8.68. The van der Waals surface area contributed by atoms with E-state index in [9.17, 15) is 9.90 Å². The molecule has 0 spiro atoms. The molecule has 1 saturated carbocycles. The normalized spacial score (nSPS) is 21.8. The first-order valence-electron chi connectivity index (χ1n) is 8.68. The summed E-state index contributed by atoms with van der Waals surface area (Å²) in [4.78, 5) is 12.5. The fraction of sp³-hybridized carbons (Fsp3) is 0.550. The molecule has 0 aromatic heterocycles. The van der Waals surface area contributed by atoms with Gasteiger partial charge in [0.1, 0.15) is 5.78 Å². The van der Waals surface area contributed by atoms with Gasteiger partial charge in [0, 0.05) is 12.8 Å². The van der Waals surface area contributed by atoms with Gasteiger partial charge in [-0.25, -0.2) is 0 Å². The quantitative estimate of drug-likeness (QED) is 0.637. The maximum atomic E-state index is 12.5. The molecule has 1 radical (unpaired) electrons. The molecular formula is C20H28NO3. The number of ketones is 1. The number of rotatable bonds is 5. The topological polar surface area (TPSA) is 70.4 Å². The van der Waals surface area contributed by atoms with Crippen molar-refractivity contribution >= 4 is 11.7 Å². The predicted molar refractivity (Wildman–Crippen MR) is 95.5 cm³/mol. The van der Waals surface area contributed by atoms with Crippen LogP contribution in [0.3, 0.4) is 0 Å². The van der Waals surface area contributed by atoms with E-state index in [2.05, 4.69) is 32.9 Å². The van der Waals surface area contributed by atoms with Crippen molar-refractivity contribution in [1.82, 2.24) is 0 Å². The highest BCUT2D eigenvalue weighted by molar-refractivity contribution is 5.95. The van der Waals surface area contributed by atoms with Gasteiger partial charge < -0.3 is 9.84 Å². The summed E-state index contributed by atoms with van der Waals surface area (Å²) in [6.45, 7) is 8.52. The van der Waals surface area contributed by atoms with Gasteiger partial charge in [-0.05, 0) is 63.1 Å². The predicted octanol–water partition coefficient (Wildman–Crippen LogP) is 3.79. The third-order valence-corrected chi connectivity index (χ3v) is 4.79. The summed E-state index contributed by atoms with van der Waals surface area (Å²) in [5.74, 6) is 0.834. The van der Waals surface area contributed by atoms with E-state index < -0.39 is 6.10 Å². The minimum absolute atomic E-state index is 0.0300. The third kappa shape index (κ3) is 4.23. The summed E-state index contributed by atoms with van der Waals surface area (Å²) < 4.78 is 5.11. The number of aryl methyl sites for hydroxylation is 3. The Morgan fingerprint density at radius 1 is 1.29 bits per heavy atom. The molecule has 1 aliphatic carbocycles. The van der Waals surface area contributed by atoms with Crippen molar-refractivity contribution in [2.24, 2.45) is 0 Å². The number of benzene rings is 1. The number of ether oxygens (including phenoxy) is 1. The lowest BCUT2D eigenvalue weighted by Crippen LogP contribution is -2.35. The van der Waals surface area contributed by atoms with Crippen molar-refractivity contribution < 1.29 is 14.6 Å². The number of aliphatic hydroxyl groups is 1. The van der Waals surface area contributed by atoms with E-state index in [0.717, 1.165) is 0 Å². The molecule has 2 unspecified atom stereocenters. The first kappa shape index (κ1) is 18.7. The van der Waals surface area contributed by atoms with Gasteiger partial charge in [0.25, 0.3) is 0 Å². The van der Waals surface area contributed by atoms with Crippen LogP contribution >= 0.6 is 0 Å². The van der Waals surface area contributed by atoms with Gasteiger partial charge in [0.15, 0.2) is 5.90 Å². The lowest BCUT2D eigenvalue weighted by atomic mass is 9.72. The monoisotopic (exact) mass is 330 g/mol. The van der Waals surface area contributed by atoms with Crippen LogP contribution in [0.15, 0.2) is 12.1 Å². The molecule has 4 heteroatoms. The Labute approximate surface area is 144 Å². The number of hydrogen-bond acceptors (Lipinski definition) is 4. The second-order valence-electron chi connectivity index (χ2n) is 6.77. The zero-order valence-corrected chi connectivity index (χ0v) is 15.1. The highest BCUT2D eigenvalue weighted by Crippen LogP contribution is 2.39. The average molecular weight is 330 g/mol. The molecule has 4 nitrogen and oxygen atoms in total. The smallest absolute Gasteiger partial charge is 0.180 e. The fourth-order valence-electron chi connectivity index (χ4n) is 3.89. The second kappa shape index (κ2) is 7.93. The molecule has 1 aliphatic rings. The summed E-state index contributed by atoms with van der Waals surface area (Å²) >= 11 is 0. The van der Waals surface area contributed by atoms with Gasteiger partial charge >= 0.3 is 0 Å². The van der Waals surface area contributed by atoms with Crippen LogP contribution < -0.4 is 0 Å². The second-order valence-corrected chi connectivity index (χ2v) is 6.77. The van der Waals surface area contributed by atoms with Crippen molar-refractivity contribution in [2.45, 2.75) is 65.4 Å². The number of nitrogens with one attached hydrogen (secondary N) is 1. The van der Waals surface area contributed by atoms with E-state index in [1.807, 2.05) is 6.92 Å². The molecule has 0 aliphatic heterocycles. The van der Waals surface area contributed by atoms with Crippen molar-refractivity contribution in [1.29, 1.82) is 5.41 Å². The molecule has 131 valence electrons. The summed E-state index contributed by atoms with van der Waals surface area (Å²) in [6.07, 6.45) is 1.09. The van der Waals surface area contributed by atoms with E-state index in [4.69, 9.17) is 10.1 Å². The number of hydrogen-bond donors (Lipinski definition) is 2. The molecule has 24 heavy (non-hydrogen) atoms. The Balaban J connectivity index is 2.08. The van der Waals surface area contributed by atoms with Crippen LogP contribution in [0.2, 0.25) is 0 Å². The van der Waals surface area contributed by atoms with Crippen LogP contribution in [0.5, 0.6) is 0 Å². The highest BCUT2D eigenvalue weighted by atomic mass is 16.5. The van der Waals surface area contributed by atoms with Gasteiger partial charge in [0.2, 0.25) is 0 Å². The molecule has 0 heterocycles. The fourth-order valence-corrected chi connectivity index (χ4v) is 3.89. The van der Waals surface area contributed by atoms with E-state index in [1.165, 1.54) is 22.3 Å². The SMILES string of the molecule is CCOC(=N)CC[C]1C(=O)CC(c2c(C)cc(C)cc2C)CC1O. The van der Waals surface area contributed by atoms with Crippen LogP contribution in [0.1, 0.15) is 60.8 Å². The molecule has 2 atom stereocenters. The first-order chi connectivity index (χ1) is 11.3. The number of carbonyl (C=O) groups is 1. The Morgan fingerprint density at radius 2 is 1.92 bits per heavy atom. The van der Waals surface area contributed by atoms with Crippen molar-refractivity contribution in [2.75, 3.05) is 6.61 Å². The van der Waals surface area contributed by atoms with Gasteiger partial charge in [-0.15, -0.1) is 0 Å². The largest absolute Gasteiger partial charge is 0.481 e. The maximum Gasteiger partial charge on any atom is 0.180 e. The van der Waals surface area contributed by atoms with Gasteiger partial charge in [0.05, 0.1) is 18.6 Å². The van der Waals surface area contributed by atoms with Gasteiger partial charge in [-0.3, -0.25) is 10.2 Å². The van der Waals surface area contributed by atoms with Crippen LogP contribution in [-0.2, 0) is 9.53 Å². The molecule has 0 saturated heterocycles. The average Bonchev–Trinajstić information content (AvgIpc) is 2.45. The highest BCUT2D eigenvalue weighted by Gasteiger charge is 2.37. The minimum Gasteiger partial charge on any atom is -0.481 e. The third-order valence-electron chi connectivity index (χ3n) is 4.79. The van der Waals surface area contributed by atoms with Crippen LogP contribution in [0.4, 0.5) is 0 Å². The molecular weight excluding hydrogens is 302 g/mol. The van der Waals surface area contributed by atoms with E-state index >= 15 is 0 Å². The van der Waals surface area contributed by atoms with Crippen molar-refractivity contribution in [3.8, 4) is 0 Å². The Hall–Kier alpha value is -1.68. The van der Waals surface area contributed by atoms with E-state index in [0.29, 0.717) is 38.2 Å². The molecule has 1 aromatic rings. The molecule has 1 aromatic carbocycles. The van der Waals surface area contributed by atoms with Gasteiger partial charge in [-0.2, -0.15) is 0 Å². The standard InChI is InChI=1S/C20H28NO3/c1-5-24-19(21)7-6-16-17(22)10-15(11-18(16)23)20-13(3)8-12(2)9-14(20)4/h8-9,15,17,21-22H,5-7,10-11H2,1-4H3. The Kier molecular flexibility index (Phi) is 6.16. The Bertz CT molecular complexity index is 600. The number of Topliss-reactive ketones (excluding diaryl/α,β-unsaturated/α-hetero) is 1. The van der Waals surface area contributed by atoms with Crippen molar-refractivity contribution in [3.05, 3.63) is 40.3 Å². The zero-order valence-electron chi connectivity index (χ0n) is 15.1. The van der Waals surface area contributed by atoms with E-state index in [1.54, 1.807) is 0 Å². The summed E-state index contributed by atoms with van der Waals surface area (Å²) in [5, 5.41) is 18.1. The van der Waals surface area contributed by atoms with Crippen LogP contribution in [-0.4, -0.2) is 29.5 Å². The molecule has 0 bridgehead atoms. The van der Waals surface area contributed by atoms with Crippen LogP contribution in [0, 0.1) is 32.1 Å².